The molecule has 6 heteroatoms. The average Bonchev–Trinajstić information content (AvgIpc) is 2.85. The number of ether oxygens (including phenoxy) is 2. The van der Waals surface area contributed by atoms with Crippen molar-refractivity contribution in [1.29, 1.82) is 0 Å². The van der Waals surface area contributed by atoms with E-state index in [1.165, 1.54) is 0 Å². The van der Waals surface area contributed by atoms with Gasteiger partial charge in [-0.05, 0) is 18.4 Å². The highest BCUT2D eigenvalue weighted by atomic mass is 16.6. The molecule has 3 atom stereocenters. The van der Waals surface area contributed by atoms with Crippen LogP contribution in [0.5, 0.6) is 0 Å². The van der Waals surface area contributed by atoms with E-state index in [0.29, 0.717) is 6.42 Å². The maximum absolute atomic E-state index is 11.8. The molecule has 2 aliphatic rings. The summed E-state index contributed by atoms with van der Waals surface area (Å²) in [5, 5.41) is 5.61. The molecule has 0 unspecified atom stereocenters. The van der Waals surface area contributed by atoms with Crippen LogP contribution in [0.4, 0.5) is 9.59 Å². The Morgan fingerprint density at radius 2 is 2.14 bits per heavy atom. The van der Waals surface area contributed by atoms with Gasteiger partial charge in [0.1, 0.15) is 12.7 Å². The summed E-state index contributed by atoms with van der Waals surface area (Å²) >= 11 is 0. The Bertz CT molecular complexity index is 520. The van der Waals surface area contributed by atoms with Gasteiger partial charge in [0.2, 0.25) is 0 Å². The molecule has 0 aromatic heterocycles. The third kappa shape index (κ3) is 3.45. The lowest BCUT2D eigenvalue weighted by Crippen LogP contribution is -2.46. The van der Waals surface area contributed by atoms with Crippen molar-refractivity contribution < 1.29 is 19.1 Å². The van der Waals surface area contributed by atoms with Crippen molar-refractivity contribution in [3.05, 3.63) is 35.9 Å². The summed E-state index contributed by atoms with van der Waals surface area (Å²) in [4.78, 5) is 22.9. The van der Waals surface area contributed by atoms with Crippen molar-refractivity contribution in [2.24, 2.45) is 0 Å². The van der Waals surface area contributed by atoms with Gasteiger partial charge >= 0.3 is 12.2 Å². The van der Waals surface area contributed by atoms with Crippen LogP contribution in [-0.4, -0.2) is 30.4 Å². The highest BCUT2D eigenvalue weighted by Crippen LogP contribution is 2.25. The van der Waals surface area contributed by atoms with E-state index in [4.69, 9.17) is 9.47 Å². The number of carbonyl (C=O) groups is 2. The van der Waals surface area contributed by atoms with Crippen molar-refractivity contribution in [2.75, 3.05) is 0 Å². The first kappa shape index (κ1) is 13.7. The molecular formula is C15H18N2O4. The fourth-order valence-corrected chi connectivity index (χ4v) is 2.81. The number of alkyl carbamates (subject to hydrolysis) is 2. The molecule has 112 valence electrons. The molecule has 1 aliphatic heterocycles. The molecule has 1 aromatic carbocycles. The lowest BCUT2D eigenvalue weighted by atomic mass is 9.89. The Morgan fingerprint density at radius 3 is 2.95 bits per heavy atom. The van der Waals surface area contributed by atoms with Gasteiger partial charge in [-0.2, -0.15) is 0 Å². The second-order valence-electron chi connectivity index (χ2n) is 5.41. The minimum Gasteiger partial charge on any atom is -0.445 e. The van der Waals surface area contributed by atoms with Gasteiger partial charge in [0.05, 0.1) is 6.04 Å². The summed E-state index contributed by atoms with van der Waals surface area (Å²) in [5.41, 5.74) is 0.949. The van der Waals surface area contributed by atoms with Crippen molar-refractivity contribution >= 4 is 12.2 Å². The predicted octanol–water partition coefficient (Wildman–Crippen LogP) is 1.94. The molecule has 0 bridgehead atoms. The smallest absolute Gasteiger partial charge is 0.407 e. The third-order valence-corrected chi connectivity index (χ3v) is 3.89. The van der Waals surface area contributed by atoms with Crippen LogP contribution in [0.25, 0.3) is 0 Å². The topological polar surface area (TPSA) is 76.7 Å². The number of amides is 2. The molecule has 1 aliphatic carbocycles. The van der Waals surface area contributed by atoms with Gasteiger partial charge in [0.25, 0.3) is 0 Å². The van der Waals surface area contributed by atoms with Crippen LogP contribution >= 0.6 is 0 Å². The monoisotopic (exact) mass is 290 g/mol. The van der Waals surface area contributed by atoms with Gasteiger partial charge in [-0.1, -0.05) is 30.3 Å². The van der Waals surface area contributed by atoms with E-state index in [-0.39, 0.29) is 30.9 Å². The summed E-state index contributed by atoms with van der Waals surface area (Å²) in [6, 6.07) is 9.60. The molecule has 2 fully saturated rings. The van der Waals surface area contributed by atoms with Crippen molar-refractivity contribution in [2.45, 2.75) is 44.1 Å². The van der Waals surface area contributed by atoms with E-state index in [9.17, 15) is 9.59 Å². The molecule has 6 nitrogen and oxygen atoms in total. The molecule has 3 rings (SSSR count). The van der Waals surface area contributed by atoms with Crippen LogP contribution in [0.3, 0.4) is 0 Å². The Balaban J connectivity index is 1.44. The number of hydrogen-bond donors (Lipinski definition) is 2. The number of rotatable bonds is 3. The van der Waals surface area contributed by atoms with E-state index < -0.39 is 6.09 Å². The minimum atomic E-state index is -0.431. The normalized spacial score (nSPS) is 27.2. The maximum atomic E-state index is 11.8. The molecule has 0 radical (unpaired) electrons. The molecular weight excluding hydrogens is 272 g/mol. The summed E-state index contributed by atoms with van der Waals surface area (Å²) in [6.45, 7) is 0.252. The van der Waals surface area contributed by atoms with Crippen LogP contribution < -0.4 is 10.6 Å². The van der Waals surface area contributed by atoms with Crippen LogP contribution in [-0.2, 0) is 16.1 Å². The fourth-order valence-electron chi connectivity index (χ4n) is 2.81. The Labute approximate surface area is 122 Å². The van der Waals surface area contributed by atoms with Gasteiger partial charge in [-0.25, -0.2) is 9.59 Å². The number of fused-ring (bicyclic) bond motifs is 1. The average molecular weight is 290 g/mol. The second-order valence-corrected chi connectivity index (χ2v) is 5.41. The highest BCUT2D eigenvalue weighted by molar-refractivity contribution is 5.70. The highest BCUT2D eigenvalue weighted by Gasteiger charge is 2.39. The van der Waals surface area contributed by atoms with Crippen LogP contribution in [0.1, 0.15) is 24.8 Å². The van der Waals surface area contributed by atoms with Crippen LogP contribution in [0, 0.1) is 0 Å². The van der Waals surface area contributed by atoms with Crippen molar-refractivity contribution in [1.82, 2.24) is 10.6 Å². The number of hydrogen-bond acceptors (Lipinski definition) is 4. The zero-order chi connectivity index (χ0) is 14.7. The molecule has 1 aromatic rings. The second kappa shape index (κ2) is 6.03. The van der Waals surface area contributed by atoms with Gasteiger partial charge in [0.15, 0.2) is 0 Å². The lowest BCUT2D eigenvalue weighted by molar-refractivity contribution is 0.0947. The van der Waals surface area contributed by atoms with Crippen LogP contribution in [0.2, 0.25) is 0 Å². The lowest BCUT2D eigenvalue weighted by Gasteiger charge is -2.29. The van der Waals surface area contributed by atoms with E-state index >= 15 is 0 Å². The zero-order valence-electron chi connectivity index (χ0n) is 11.6. The summed E-state index contributed by atoms with van der Waals surface area (Å²) in [7, 11) is 0. The number of carbonyl (C=O) groups excluding carboxylic acids is 2. The third-order valence-electron chi connectivity index (χ3n) is 3.89. The van der Waals surface area contributed by atoms with E-state index in [2.05, 4.69) is 10.6 Å². The first-order valence-corrected chi connectivity index (χ1v) is 7.15. The standard InChI is InChI=1S/C15H18N2O4/c18-14(20-9-10-4-2-1-3-5-10)16-11-6-7-12-13(8-11)21-15(19)17-12/h1-5,11-13H,6-9H2,(H,16,18)(H,17,19)/t11-,12-,13-/m1/s1. The first-order chi connectivity index (χ1) is 10.2. The summed E-state index contributed by atoms with van der Waals surface area (Å²) in [6.07, 6.45) is 1.30. The molecule has 1 saturated carbocycles. The van der Waals surface area contributed by atoms with E-state index in [1.54, 1.807) is 0 Å². The fraction of sp³-hybridized carbons (Fsp3) is 0.467. The molecule has 21 heavy (non-hydrogen) atoms. The SMILES string of the molecule is O=C(N[C@@H]1CC[C@H]2NC(=O)O[C@@H]2C1)OCc1ccccc1. The molecule has 1 heterocycles. The quantitative estimate of drug-likeness (QED) is 0.892. The summed E-state index contributed by atoms with van der Waals surface area (Å²) in [5.74, 6) is 0. The van der Waals surface area contributed by atoms with Crippen LogP contribution in [0.15, 0.2) is 30.3 Å². The van der Waals surface area contributed by atoms with Gasteiger partial charge in [0, 0.05) is 12.5 Å². The van der Waals surface area contributed by atoms with E-state index in [1.807, 2.05) is 30.3 Å². The molecule has 0 spiro atoms. The molecule has 2 amide bonds. The first-order valence-electron chi connectivity index (χ1n) is 7.15. The Kier molecular flexibility index (Phi) is 3.94. The zero-order valence-corrected chi connectivity index (χ0v) is 11.6. The van der Waals surface area contributed by atoms with Crippen molar-refractivity contribution in [3.8, 4) is 0 Å². The van der Waals surface area contributed by atoms with Crippen molar-refractivity contribution in [3.63, 3.8) is 0 Å². The Hall–Kier alpha value is -2.24. The van der Waals surface area contributed by atoms with Gasteiger partial charge in [-0.3, -0.25) is 0 Å². The summed E-state index contributed by atoms with van der Waals surface area (Å²) < 4.78 is 10.4. The van der Waals surface area contributed by atoms with E-state index in [0.717, 1.165) is 18.4 Å². The minimum absolute atomic E-state index is 0.0118. The molecule has 2 N–H and O–H groups in total. The Morgan fingerprint density at radius 1 is 1.33 bits per heavy atom. The number of nitrogens with one attached hydrogen (secondary N) is 2. The number of benzene rings is 1. The maximum Gasteiger partial charge on any atom is 0.407 e. The van der Waals surface area contributed by atoms with Gasteiger partial charge < -0.3 is 20.1 Å². The van der Waals surface area contributed by atoms with Gasteiger partial charge in [-0.15, -0.1) is 0 Å². The molecule has 1 saturated heterocycles. The predicted molar refractivity (Wildman–Crippen MR) is 74.6 cm³/mol. The largest absolute Gasteiger partial charge is 0.445 e.